The highest BCUT2D eigenvalue weighted by Crippen LogP contribution is 2.36. The first-order chi connectivity index (χ1) is 11.5. The van der Waals surface area contributed by atoms with Gasteiger partial charge < -0.3 is 14.8 Å². The molecule has 1 fully saturated rings. The number of pyridine rings is 1. The third kappa shape index (κ3) is 4.47. The lowest BCUT2D eigenvalue weighted by Gasteiger charge is -2.38. The second kappa shape index (κ2) is 8.47. The summed E-state index contributed by atoms with van der Waals surface area (Å²) >= 11 is 0. The van der Waals surface area contributed by atoms with Crippen LogP contribution in [0.4, 0.5) is 5.69 Å². The van der Waals surface area contributed by atoms with E-state index >= 15 is 0 Å². The molecule has 2 atom stereocenters. The molecule has 24 heavy (non-hydrogen) atoms. The first-order valence-electron chi connectivity index (χ1n) is 9.06. The highest BCUT2D eigenvalue weighted by atomic mass is 16.5. The summed E-state index contributed by atoms with van der Waals surface area (Å²) in [5.74, 6) is 1.04. The van der Waals surface area contributed by atoms with Gasteiger partial charge in [0, 0.05) is 12.7 Å². The number of carbonyl (C=O) groups excluding carboxylic acids is 1. The predicted octanol–water partition coefficient (Wildman–Crippen LogP) is 4.10. The van der Waals surface area contributed by atoms with Gasteiger partial charge in [-0.25, -0.2) is 4.98 Å². The Hall–Kier alpha value is -1.62. The largest absolute Gasteiger partial charge is 0.478 e. The molecular weight excluding hydrogens is 304 g/mol. The SMILES string of the molecule is CCCOc1ccc(NC(=O)[C@]2(OCC)CCC[C@@H](C)C2)c(C)n1. The zero-order valence-corrected chi connectivity index (χ0v) is 15.4. The van der Waals surface area contributed by atoms with Crippen LogP contribution < -0.4 is 10.1 Å². The Morgan fingerprint density at radius 1 is 1.42 bits per heavy atom. The molecule has 1 aromatic heterocycles. The molecule has 0 bridgehead atoms. The van der Waals surface area contributed by atoms with Gasteiger partial charge in [0.25, 0.3) is 5.91 Å². The topological polar surface area (TPSA) is 60.5 Å². The Balaban J connectivity index is 2.11. The molecule has 5 heteroatoms. The van der Waals surface area contributed by atoms with Crippen molar-refractivity contribution in [3.05, 3.63) is 17.8 Å². The molecule has 0 saturated heterocycles. The number of ether oxygens (including phenoxy) is 2. The van der Waals surface area contributed by atoms with E-state index in [0.29, 0.717) is 25.0 Å². The third-order valence-electron chi connectivity index (χ3n) is 4.55. The highest BCUT2D eigenvalue weighted by Gasteiger charge is 2.42. The Kier molecular flexibility index (Phi) is 6.60. The van der Waals surface area contributed by atoms with Crippen LogP contribution >= 0.6 is 0 Å². The second-order valence-corrected chi connectivity index (χ2v) is 6.71. The first kappa shape index (κ1) is 18.7. The number of amides is 1. The number of nitrogens with zero attached hydrogens (tertiary/aromatic N) is 1. The molecule has 1 aliphatic rings. The summed E-state index contributed by atoms with van der Waals surface area (Å²) in [6.45, 7) is 9.25. The number of hydrogen-bond donors (Lipinski definition) is 1. The Morgan fingerprint density at radius 2 is 2.21 bits per heavy atom. The smallest absolute Gasteiger partial charge is 0.256 e. The Bertz CT molecular complexity index is 558. The molecule has 0 spiro atoms. The average Bonchev–Trinajstić information content (AvgIpc) is 2.55. The molecule has 0 unspecified atom stereocenters. The highest BCUT2D eigenvalue weighted by molar-refractivity contribution is 5.97. The van der Waals surface area contributed by atoms with Crippen LogP contribution in [-0.2, 0) is 9.53 Å². The molecule has 0 radical (unpaired) electrons. The standard InChI is InChI=1S/C19H30N2O3/c1-5-12-23-17-10-9-16(15(4)20-17)21-18(22)19(24-6-2)11-7-8-14(3)13-19/h9-10,14H,5-8,11-13H2,1-4H3,(H,21,22)/t14-,19+/m1/s1. The van der Waals surface area contributed by atoms with Crippen LogP contribution in [0.15, 0.2) is 12.1 Å². The molecule has 1 N–H and O–H groups in total. The third-order valence-corrected chi connectivity index (χ3v) is 4.55. The lowest BCUT2D eigenvalue weighted by molar-refractivity contribution is -0.147. The molecule has 1 saturated carbocycles. The number of hydrogen-bond acceptors (Lipinski definition) is 4. The number of rotatable bonds is 7. The molecule has 2 rings (SSSR count). The van der Waals surface area contributed by atoms with E-state index in [9.17, 15) is 4.79 Å². The quantitative estimate of drug-likeness (QED) is 0.815. The molecule has 1 heterocycles. The summed E-state index contributed by atoms with van der Waals surface area (Å²) in [4.78, 5) is 17.4. The van der Waals surface area contributed by atoms with Gasteiger partial charge >= 0.3 is 0 Å². The monoisotopic (exact) mass is 334 g/mol. The molecule has 1 aromatic rings. The van der Waals surface area contributed by atoms with E-state index in [0.717, 1.165) is 43.5 Å². The van der Waals surface area contributed by atoms with Crippen LogP contribution in [0.2, 0.25) is 0 Å². The van der Waals surface area contributed by atoms with Crippen LogP contribution in [0.1, 0.15) is 58.6 Å². The molecule has 1 aliphatic carbocycles. The average molecular weight is 334 g/mol. The van der Waals surface area contributed by atoms with E-state index in [1.807, 2.05) is 19.9 Å². The van der Waals surface area contributed by atoms with Crippen LogP contribution in [0.5, 0.6) is 5.88 Å². The van der Waals surface area contributed by atoms with E-state index in [-0.39, 0.29) is 5.91 Å². The fourth-order valence-corrected chi connectivity index (χ4v) is 3.38. The van der Waals surface area contributed by atoms with Gasteiger partial charge in [0.15, 0.2) is 0 Å². The van der Waals surface area contributed by atoms with Crippen molar-refractivity contribution in [1.29, 1.82) is 0 Å². The minimum atomic E-state index is -0.712. The van der Waals surface area contributed by atoms with Crippen LogP contribution in [0, 0.1) is 12.8 Å². The van der Waals surface area contributed by atoms with E-state index in [1.165, 1.54) is 0 Å². The van der Waals surface area contributed by atoms with Crippen molar-refractivity contribution in [2.45, 2.75) is 65.4 Å². The molecule has 0 aromatic carbocycles. The molecule has 134 valence electrons. The number of aryl methyl sites for hydroxylation is 1. The van der Waals surface area contributed by atoms with Crippen molar-refractivity contribution in [2.24, 2.45) is 5.92 Å². The van der Waals surface area contributed by atoms with E-state index in [4.69, 9.17) is 9.47 Å². The number of carbonyl (C=O) groups is 1. The Labute approximate surface area is 145 Å². The van der Waals surface area contributed by atoms with Crippen molar-refractivity contribution in [1.82, 2.24) is 4.98 Å². The maximum atomic E-state index is 12.9. The maximum absolute atomic E-state index is 12.9. The number of anilines is 1. The lowest BCUT2D eigenvalue weighted by Crippen LogP contribution is -2.48. The van der Waals surface area contributed by atoms with Gasteiger partial charge in [-0.15, -0.1) is 0 Å². The van der Waals surface area contributed by atoms with Crippen molar-refractivity contribution < 1.29 is 14.3 Å². The minimum absolute atomic E-state index is 0.0528. The van der Waals surface area contributed by atoms with Gasteiger partial charge in [-0.05, 0) is 51.5 Å². The van der Waals surface area contributed by atoms with Gasteiger partial charge in [-0.3, -0.25) is 4.79 Å². The van der Waals surface area contributed by atoms with Gasteiger partial charge in [0.2, 0.25) is 5.88 Å². The number of aromatic nitrogens is 1. The van der Waals surface area contributed by atoms with Crippen molar-refractivity contribution >= 4 is 11.6 Å². The maximum Gasteiger partial charge on any atom is 0.256 e. The normalized spacial score (nSPS) is 23.8. The van der Waals surface area contributed by atoms with Gasteiger partial charge in [0.05, 0.1) is 18.0 Å². The molecule has 0 aliphatic heterocycles. The summed E-state index contributed by atoms with van der Waals surface area (Å²) in [6, 6.07) is 3.66. The van der Waals surface area contributed by atoms with Gasteiger partial charge in [0.1, 0.15) is 5.60 Å². The van der Waals surface area contributed by atoms with Crippen LogP contribution in [0.3, 0.4) is 0 Å². The van der Waals surface area contributed by atoms with Crippen LogP contribution in [-0.4, -0.2) is 29.7 Å². The van der Waals surface area contributed by atoms with Gasteiger partial charge in [-0.2, -0.15) is 0 Å². The summed E-state index contributed by atoms with van der Waals surface area (Å²) < 4.78 is 11.5. The molecule has 1 amide bonds. The van der Waals surface area contributed by atoms with E-state index < -0.39 is 5.60 Å². The zero-order chi connectivity index (χ0) is 17.6. The number of nitrogens with one attached hydrogen (secondary N) is 1. The van der Waals surface area contributed by atoms with Crippen LogP contribution in [0.25, 0.3) is 0 Å². The minimum Gasteiger partial charge on any atom is -0.478 e. The second-order valence-electron chi connectivity index (χ2n) is 6.71. The Morgan fingerprint density at radius 3 is 2.83 bits per heavy atom. The van der Waals surface area contributed by atoms with E-state index in [1.54, 1.807) is 6.07 Å². The molecule has 5 nitrogen and oxygen atoms in total. The zero-order valence-electron chi connectivity index (χ0n) is 15.4. The predicted molar refractivity (Wildman–Crippen MR) is 95.4 cm³/mol. The fourth-order valence-electron chi connectivity index (χ4n) is 3.38. The fraction of sp³-hybridized carbons (Fsp3) is 0.684. The summed E-state index contributed by atoms with van der Waals surface area (Å²) in [5, 5.41) is 3.03. The lowest BCUT2D eigenvalue weighted by atomic mass is 9.78. The summed E-state index contributed by atoms with van der Waals surface area (Å²) in [7, 11) is 0. The van der Waals surface area contributed by atoms with Crippen molar-refractivity contribution in [3.63, 3.8) is 0 Å². The molecular formula is C19H30N2O3. The van der Waals surface area contributed by atoms with E-state index in [2.05, 4.69) is 24.1 Å². The van der Waals surface area contributed by atoms with Crippen molar-refractivity contribution in [3.8, 4) is 5.88 Å². The van der Waals surface area contributed by atoms with Crippen molar-refractivity contribution in [2.75, 3.05) is 18.5 Å². The van der Waals surface area contributed by atoms with Gasteiger partial charge in [-0.1, -0.05) is 20.3 Å². The summed E-state index contributed by atoms with van der Waals surface area (Å²) in [5.41, 5.74) is 0.768. The first-order valence-corrected chi connectivity index (χ1v) is 9.06. The summed E-state index contributed by atoms with van der Waals surface area (Å²) in [6.07, 6.45) is 4.67.